The van der Waals surface area contributed by atoms with E-state index in [4.69, 9.17) is 18.9 Å². The van der Waals surface area contributed by atoms with Crippen molar-refractivity contribution in [2.24, 2.45) is 28.6 Å². The Morgan fingerprint density at radius 3 is 2.85 bits per heavy atom. The van der Waals surface area contributed by atoms with Crippen molar-refractivity contribution in [3.05, 3.63) is 23.8 Å². The monoisotopic (exact) mass is 374 g/mol. The first-order valence-electron chi connectivity index (χ1n) is 9.70. The lowest BCUT2D eigenvalue weighted by Gasteiger charge is -2.54. The second-order valence-electron chi connectivity index (χ2n) is 8.91. The highest BCUT2D eigenvalue weighted by atomic mass is 16.7. The minimum absolute atomic E-state index is 0.0241. The first-order chi connectivity index (χ1) is 13.0. The molecule has 0 aromatic rings. The van der Waals surface area contributed by atoms with Crippen molar-refractivity contribution in [2.45, 2.75) is 51.0 Å². The van der Waals surface area contributed by atoms with Gasteiger partial charge in [-0.2, -0.15) is 0 Å². The third-order valence-corrected chi connectivity index (χ3v) is 8.08. The summed E-state index contributed by atoms with van der Waals surface area (Å²) in [6.07, 6.45) is 5.73. The van der Waals surface area contributed by atoms with Gasteiger partial charge in [-0.05, 0) is 31.1 Å². The molecule has 2 spiro atoms. The van der Waals surface area contributed by atoms with Crippen molar-refractivity contribution >= 4 is 11.9 Å². The van der Waals surface area contributed by atoms with Crippen LogP contribution in [0.4, 0.5) is 0 Å². The number of hydrogen-bond acceptors (Lipinski definition) is 7. The lowest BCUT2D eigenvalue weighted by Crippen LogP contribution is -2.56. The van der Waals surface area contributed by atoms with Crippen molar-refractivity contribution in [1.29, 1.82) is 0 Å². The molecule has 7 heteroatoms. The Labute approximate surface area is 156 Å². The summed E-state index contributed by atoms with van der Waals surface area (Å²) in [6, 6.07) is 0. The van der Waals surface area contributed by atoms with Gasteiger partial charge in [-0.25, -0.2) is 4.79 Å². The van der Waals surface area contributed by atoms with Gasteiger partial charge in [0.25, 0.3) is 0 Å². The van der Waals surface area contributed by atoms with Gasteiger partial charge in [0.1, 0.15) is 0 Å². The minimum atomic E-state index is -1.26. The Balaban J connectivity index is 1.43. The molecule has 27 heavy (non-hydrogen) atoms. The predicted octanol–water partition coefficient (Wildman–Crippen LogP) is 1.06. The average molecular weight is 374 g/mol. The molecule has 0 amide bonds. The van der Waals surface area contributed by atoms with Gasteiger partial charge in [-0.1, -0.05) is 19.1 Å². The molecule has 1 saturated carbocycles. The van der Waals surface area contributed by atoms with Crippen molar-refractivity contribution in [2.75, 3.05) is 6.61 Å². The highest BCUT2D eigenvalue weighted by Gasteiger charge is 2.74. The number of carbonyl (C=O) groups is 2. The molecule has 2 aliphatic carbocycles. The molecule has 0 radical (unpaired) electrons. The molecule has 4 aliphatic heterocycles. The highest BCUT2D eigenvalue weighted by molar-refractivity contribution is 5.85. The SMILES string of the molecule is C[C@@H]1[C@H]2C[C@@]34COC(=O)[C@@H]3CC=C[C@H]4[C@@]13C[C@H](C1=CC(=O)OC1O)O[C@H]3O2. The van der Waals surface area contributed by atoms with Crippen LogP contribution >= 0.6 is 0 Å². The van der Waals surface area contributed by atoms with Gasteiger partial charge in [0.05, 0.1) is 24.7 Å². The van der Waals surface area contributed by atoms with Gasteiger partial charge in [0.15, 0.2) is 6.29 Å². The molecule has 1 N–H and O–H groups in total. The number of fused-ring (bicyclic) bond motifs is 1. The summed E-state index contributed by atoms with van der Waals surface area (Å²) in [5.74, 6) is -0.417. The summed E-state index contributed by atoms with van der Waals surface area (Å²) in [7, 11) is 0. The maximum Gasteiger partial charge on any atom is 0.333 e. The van der Waals surface area contributed by atoms with E-state index in [9.17, 15) is 14.7 Å². The first-order valence-corrected chi connectivity index (χ1v) is 9.70. The van der Waals surface area contributed by atoms with Crippen molar-refractivity contribution in [3.63, 3.8) is 0 Å². The molecular weight excluding hydrogens is 352 g/mol. The van der Waals surface area contributed by atoms with E-state index in [1.54, 1.807) is 0 Å². The van der Waals surface area contributed by atoms with E-state index in [1.807, 2.05) is 0 Å². The fraction of sp³-hybridized carbons (Fsp3) is 0.700. The Morgan fingerprint density at radius 2 is 2.07 bits per heavy atom. The van der Waals surface area contributed by atoms with E-state index in [1.165, 1.54) is 6.08 Å². The third-order valence-electron chi connectivity index (χ3n) is 8.08. The molecule has 0 aromatic heterocycles. The number of carbonyl (C=O) groups excluding carboxylic acids is 2. The molecule has 144 valence electrons. The largest absolute Gasteiger partial charge is 0.465 e. The molecule has 6 rings (SSSR count). The fourth-order valence-corrected chi connectivity index (χ4v) is 6.81. The van der Waals surface area contributed by atoms with E-state index in [0.717, 1.165) is 6.42 Å². The van der Waals surface area contributed by atoms with Crippen LogP contribution in [-0.4, -0.2) is 48.4 Å². The Bertz CT molecular complexity index is 802. The normalized spacial score (nSPS) is 54.9. The van der Waals surface area contributed by atoms with Crippen LogP contribution in [0.1, 0.15) is 26.2 Å². The zero-order valence-electron chi connectivity index (χ0n) is 15.0. The molecule has 4 heterocycles. The van der Waals surface area contributed by atoms with Crippen molar-refractivity contribution in [1.82, 2.24) is 0 Å². The van der Waals surface area contributed by atoms with Crippen LogP contribution in [-0.2, 0) is 28.5 Å². The summed E-state index contributed by atoms with van der Waals surface area (Å²) in [5.41, 5.74) is -0.0839. The van der Waals surface area contributed by atoms with Crippen LogP contribution in [0.25, 0.3) is 0 Å². The van der Waals surface area contributed by atoms with Gasteiger partial charge < -0.3 is 24.1 Å². The molecule has 1 unspecified atom stereocenters. The number of cyclic esters (lactones) is 2. The topological polar surface area (TPSA) is 91.3 Å². The van der Waals surface area contributed by atoms with Crippen molar-refractivity contribution < 1.29 is 33.6 Å². The van der Waals surface area contributed by atoms with Crippen LogP contribution in [0.5, 0.6) is 0 Å². The second kappa shape index (κ2) is 5.01. The number of esters is 2. The number of aliphatic hydroxyl groups excluding tert-OH is 1. The van der Waals surface area contributed by atoms with Crippen LogP contribution in [0.2, 0.25) is 0 Å². The van der Waals surface area contributed by atoms with E-state index in [-0.39, 0.29) is 40.7 Å². The fourth-order valence-electron chi connectivity index (χ4n) is 6.81. The standard InChI is InChI=1S/C20H22O7/c1-9-12-6-19-8-24-17(23)11(19)3-2-4-14(19)20(9)7-13(26-18(20)25-12)10-5-15(21)27-16(10)22/h2,4-5,9,11-14,16,18,22H,3,6-8H2,1H3/t9-,11+,12-,13-,14-,16?,18-,19-,20-/m1/s1. The van der Waals surface area contributed by atoms with E-state index < -0.39 is 24.7 Å². The zero-order valence-corrected chi connectivity index (χ0v) is 15.0. The molecular formula is C20H22O7. The Kier molecular flexibility index (Phi) is 3.02. The van der Waals surface area contributed by atoms with Gasteiger partial charge in [-0.3, -0.25) is 4.79 Å². The van der Waals surface area contributed by atoms with Gasteiger partial charge in [0.2, 0.25) is 6.29 Å². The van der Waals surface area contributed by atoms with Crippen LogP contribution in [0.3, 0.4) is 0 Å². The highest BCUT2D eigenvalue weighted by Crippen LogP contribution is 2.71. The van der Waals surface area contributed by atoms with Crippen LogP contribution < -0.4 is 0 Å². The minimum Gasteiger partial charge on any atom is -0.465 e. The lowest BCUT2D eigenvalue weighted by atomic mass is 9.46. The summed E-state index contributed by atoms with van der Waals surface area (Å²) < 4.78 is 23.0. The molecule has 4 fully saturated rings. The second-order valence-corrected chi connectivity index (χ2v) is 8.91. The third kappa shape index (κ3) is 1.78. The van der Waals surface area contributed by atoms with E-state index >= 15 is 0 Å². The number of ether oxygens (including phenoxy) is 4. The number of hydrogen-bond donors (Lipinski definition) is 1. The Morgan fingerprint density at radius 1 is 1.22 bits per heavy atom. The van der Waals surface area contributed by atoms with Gasteiger partial charge >= 0.3 is 11.9 Å². The zero-order chi connectivity index (χ0) is 18.6. The number of rotatable bonds is 1. The number of allylic oxidation sites excluding steroid dienone is 2. The average Bonchev–Trinajstić information content (AvgIpc) is 3.31. The van der Waals surface area contributed by atoms with Gasteiger partial charge in [0, 0.05) is 22.5 Å². The van der Waals surface area contributed by atoms with Crippen molar-refractivity contribution in [3.8, 4) is 0 Å². The number of aliphatic hydroxyl groups is 1. The molecule has 0 aromatic carbocycles. The molecule has 3 saturated heterocycles. The first kappa shape index (κ1) is 16.3. The summed E-state index contributed by atoms with van der Waals surface area (Å²) >= 11 is 0. The van der Waals surface area contributed by atoms with Crippen LogP contribution in [0, 0.1) is 28.6 Å². The summed E-state index contributed by atoms with van der Waals surface area (Å²) in [6.45, 7) is 2.63. The predicted molar refractivity (Wildman–Crippen MR) is 88.7 cm³/mol. The Hall–Kier alpha value is -1.70. The molecule has 2 bridgehead atoms. The van der Waals surface area contributed by atoms with E-state index in [2.05, 4.69) is 19.1 Å². The maximum absolute atomic E-state index is 12.4. The molecule has 6 aliphatic rings. The smallest absolute Gasteiger partial charge is 0.333 e. The molecule has 9 atom stereocenters. The quantitative estimate of drug-likeness (QED) is 0.542. The molecule has 7 nitrogen and oxygen atoms in total. The van der Waals surface area contributed by atoms with Crippen LogP contribution in [0.15, 0.2) is 23.8 Å². The lowest BCUT2D eigenvalue weighted by molar-refractivity contribution is -0.157. The summed E-state index contributed by atoms with van der Waals surface area (Å²) in [5, 5.41) is 10.1. The van der Waals surface area contributed by atoms with Gasteiger partial charge in [-0.15, -0.1) is 0 Å². The summed E-state index contributed by atoms with van der Waals surface area (Å²) in [4.78, 5) is 23.9. The van der Waals surface area contributed by atoms with E-state index in [0.29, 0.717) is 25.0 Å². The maximum atomic E-state index is 12.4.